The summed E-state index contributed by atoms with van der Waals surface area (Å²) in [7, 11) is 1.57. The van der Waals surface area contributed by atoms with Crippen LogP contribution in [0.2, 0.25) is 0 Å². The molecule has 0 unspecified atom stereocenters. The molecule has 0 aliphatic heterocycles. The van der Waals surface area contributed by atoms with Gasteiger partial charge in [0.25, 0.3) is 0 Å². The van der Waals surface area contributed by atoms with Crippen LogP contribution < -0.4 is 4.74 Å². The predicted octanol–water partition coefficient (Wildman–Crippen LogP) is 1.66. The van der Waals surface area contributed by atoms with E-state index in [4.69, 9.17) is 4.74 Å². The van der Waals surface area contributed by atoms with Crippen LogP contribution in [0, 0.1) is 10.1 Å². The van der Waals surface area contributed by atoms with E-state index in [0.29, 0.717) is 12.8 Å². The standard InChI is InChI=1S/C12H11N3O4/c1-19-10-4-2-9(3-5-10)6-14-8-13-12(15(17)18)11(14)7-16/h2-5,7-8H,6H2,1H3. The topological polar surface area (TPSA) is 87.3 Å². The molecule has 1 aromatic heterocycles. The molecule has 2 aromatic rings. The van der Waals surface area contributed by atoms with Crippen LogP contribution in [0.4, 0.5) is 5.82 Å². The summed E-state index contributed by atoms with van der Waals surface area (Å²) in [6.45, 7) is 0.332. The van der Waals surface area contributed by atoms with E-state index in [0.717, 1.165) is 11.3 Å². The number of nitro groups is 1. The molecule has 0 aliphatic rings. The van der Waals surface area contributed by atoms with E-state index in [2.05, 4.69) is 4.98 Å². The normalized spacial score (nSPS) is 10.2. The molecule has 98 valence electrons. The zero-order valence-corrected chi connectivity index (χ0v) is 10.1. The number of carbonyl (C=O) groups excluding carboxylic acids is 1. The van der Waals surface area contributed by atoms with Gasteiger partial charge in [0.2, 0.25) is 6.33 Å². The monoisotopic (exact) mass is 261 g/mol. The molecule has 7 heteroatoms. The van der Waals surface area contributed by atoms with Crippen molar-refractivity contribution in [3.05, 3.63) is 52.0 Å². The Morgan fingerprint density at radius 2 is 2.11 bits per heavy atom. The first kappa shape index (κ1) is 12.7. The molecule has 0 amide bonds. The van der Waals surface area contributed by atoms with Crippen LogP contribution in [0.3, 0.4) is 0 Å². The maximum absolute atomic E-state index is 10.9. The molecule has 2 rings (SSSR count). The van der Waals surface area contributed by atoms with E-state index in [-0.39, 0.29) is 5.69 Å². The minimum absolute atomic E-state index is 0.0409. The predicted molar refractivity (Wildman–Crippen MR) is 66.4 cm³/mol. The molecule has 0 saturated heterocycles. The number of rotatable bonds is 5. The number of nitrogens with zero attached hydrogens (tertiary/aromatic N) is 3. The van der Waals surface area contributed by atoms with Crippen molar-refractivity contribution < 1.29 is 14.5 Å². The zero-order valence-electron chi connectivity index (χ0n) is 10.1. The maximum Gasteiger partial charge on any atom is 0.392 e. The van der Waals surface area contributed by atoms with Crippen molar-refractivity contribution in [2.45, 2.75) is 6.54 Å². The van der Waals surface area contributed by atoms with Gasteiger partial charge < -0.3 is 14.9 Å². The Bertz CT molecular complexity index is 604. The summed E-state index contributed by atoms with van der Waals surface area (Å²) in [6, 6.07) is 7.20. The van der Waals surface area contributed by atoms with E-state index >= 15 is 0 Å². The fraction of sp³-hybridized carbons (Fsp3) is 0.167. The number of aromatic nitrogens is 2. The highest BCUT2D eigenvalue weighted by Crippen LogP contribution is 2.17. The fourth-order valence-corrected chi connectivity index (χ4v) is 1.70. The second-order valence-electron chi connectivity index (χ2n) is 3.80. The molecule has 0 N–H and O–H groups in total. The van der Waals surface area contributed by atoms with Gasteiger partial charge >= 0.3 is 5.82 Å². The second kappa shape index (κ2) is 5.30. The highest BCUT2D eigenvalue weighted by molar-refractivity contribution is 5.77. The van der Waals surface area contributed by atoms with Crippen molar-refractivity contribution in [1.82, 2.24) is 9.55 Å². The maximum atomic E-state index is 10.9. The highest BCUT2D eigenvalue weighted by atomic mass is 16.6. The van der Waals surface area contributed by atoms with E-state index in [9.17, 15) is 14.9 Å². The summed E-state index contributed by atoms with van der Waals surface area (Å²) < 4.78 is 6.47. The average Bonchev–Trinajstić information content (AvgIpc) is 2.82. The second-order valence-corrected chi connectivity index (χ2v) is 3.80. The van der Waals surface area contributed by atoms with Crippen molar-refractivity contribution in [2.75, 3.05) is 7.11 Å². The smallest absolute Gasteiger partial charge is 0.392 e. The molecule has 0 bridgehead atoms. The lowest BCUT2D eigenvalue weighted by molar-refractivity contribution is -0.389. The lowest BCUT2D eigenvalue weighted by Gasteiger charge is -2.04. The number of benzene rings is 1. The number of carbonyl (C=O) groups is 1. The van der Waals surface area contributed by atoms with E-state index < -0.39 is 10.7 Å². The Hall–Kier alpha value is -2.70. The first-order chi connectivity index (χ1) is 9.15. The average molecular weight is 261 g/mol. The summed E-state index contributed by atoms with van der Waals surface area (Å²) in [6.07, 6.45) is 1.72. The number of imidazole rings is 1. The van der Waals surface area contributed by atoms with Crippen molar-refractivity contribution in [2.24, 2.45) is 0 Å². The first-order valence-electron chi connectivity index (χ1n) is 5.43. The summed E-state index contributed by atoms with van der Waals surface area (Å²) >= 11 is 0. The third kappa shape index (κ3) is 2.59. The lowest BCUT2D eigenvalue weighted by Crippen LogP contribution is -2.04. The van der Waals surface area contributed by atoms with Gasteiger partial charge in [0.1, 0.15) is 5.75 Å². The Labute approximate surface area is 108 Å². The first-order valence-corrected chi connectivity index (χ1v) is 5.43. The van der Waals surface area contributed by atoms with Crippen LogP contribution in [0.1, 0.15) is 16.1 Å². The number of hydrogen-bond donors (Lipinski definition) is 0. The van der Waals surface area contributed by atoms with Gasteiger partial charge in [-0.2, -0.15) is 0 Å². The minimum Gasteiger partial charge on any atom is -0.497 e. The quantitative estimate of drug-likeness (QED) is 0.464. The number of methoxy groups -OCH3 is 1. The fourth-order valence-electron chi connectivity index (χ4n) is 1.70. The van der Waals surface area contributed by atoms with Crippen LogP contribution in [-0.4, -0.2) is 27.9 Å². The summed E-state index contributed by atoms with van der Waals surface area (Å²) in [5.41, 5.74) is 0.844. The van der Waals surface area contributed by atoms with Gasteiger partial charge in [-0.15, -0.1) is 0 Å². The molecule has 19 heavy (non-hydrogen) atoms. The summed E-state index contributed by atoms with van der Waals surface area (Å²) in [5.74, 6) is 0.291. The van der Waals surface area contributed by atoms with Gasteiger partial charge in [-0.05, 0) is 27.6 Å². The molecule has 7 nitrogen and oxygen atoms in total. The zero-order chi connectivity index (χ0) is 13.8. The minimum atomic E-state index is -0.672. The number of aldehydes is 1. The molecule has 0 aliphatic carbocycles. The van der Waals surface area contributed by atoms with Crippen LogP contribution in [0.5, 0.6) is 5.75 Å². The Morgan fingerprint density at radius 3 is 2.63 bits per heavy atom. The third-order valence-electron chi connectivity index (χ3n) is 2.65. The Balaban J connectivity index is 2.27. The molecular weight excluding hydrogens is 250 g/mol. The summed E-state index contributed by atoms with van der Waals surface area (Å²) in [4.78, 5) is 24.6. The van der Waals surface area contributed by atoms with E-state index in [1.54, 1.807) is 19.2 Å². The molecule has 1 heterocycles. The van der Waals surface area contributed by atoms with Crippen LogP contribution in [0.25, 0.3) is 0 Å². The molecule has 0 spiro atoms. The van der Waals surface area contributed by atoms with E-state index in [1.807, 2.05) is 12.1 Å². The van der Waals surface area contributed by atoms with Gasteiger partial charge in [0.15, 0.2) is 12.0 Å². The number of ether oxygens (including phenoxy) is 1. The molecule has 0 atom stereocenters. The van der Waals surface area contributed by atoms with E-state index in [1.165, 1.54) is 10.9 Å². The van der Waals surface area contributed by atoms with Gasteiger partial charge in [-0.25, -0.2) is 0 Å². The van der Waals surface area contributed by atoms with Crippen LogP contribution >= 0.6 is 0 Å². The molecule has 0 fully saturated rings. The molecule has 1 aromatic carbocycles. The van der Waals surface area contributed by atoms with Gasteiger partial charge in [0, 0.05) is 0 Å². The van der Waals surface area contributed by atoms with Crippen molar-refractivity contribution >= 4 is 12.1 Å². The van der Waals surface area contributed by atoms with Crippen LogP contribution in [0.15, 0.2) is 30.6 Å². The van der Waals surface area contributed by atoms with Crippen molar-refractivity contribution in [3.63, 3.8) is 0 Å². The lowest BCUT2D eigenvalue weighted by atomic mass is 10.2. The largest absolute Gasteiger partial charge is 0.497 e. The Kier molecular flexibility index (Phi) is 3.56. The molecule has 0 saturated carbocycles. The SMILES string of the molecule is COc1ccc(Cn2cnc([N+](=O)[O-])c2C=O)cc1. The van der Waals surface area contributed by atoms with Gasteiger partial charge in [0.05, 0.1) is 13.7 Å². The summed E-state index contributed by atoms with van der Waals surface area (Å²) in [5, 5.41) is 10.7. The molecular formula is C12H11N3O4. The highest BCUT2D eigenvalue weighted by Gasteiger charge is 2.20. The van der Waals surface area contributed by atoms with Crippen molar-refractivity contribution in [3.8, 4) is 5.75 Å². The molecule has 0 radical (unpaired) electrons. The van der Waals surface area contributed by atoms with Gasteiger partial charge in [-0.1, -0.05) is 12.1 Å². The number of hydrogen-bond acceptors (Lipinski definition) is 5. The van der Waals surface area contributed by atoms with Gasteiger partial charge in [-0.3, -0.25) is 9.36 Å². The Morgan fingerprint density at radius 1 is 1.42 bits per heavy atom. The van der Waals surface area contributed by atoms with Crippen molar-refractivity contribution in [1.29, 1.82) is 0 Å². The third-order valence-corrected chi connectivity index (χ3v) is 2.65. The van der Waals surface area contributed by atoms with Crippen LogP contribution in [-0.2, 0) is 6.54 Å².